The van der Waals surface area contributed by atoms with Crippen molar-refractivity contribution in [1.82, 2.24) is 5.32 Å². The van der Waals surface area contributed by atoms with Gasteiger partial charge in [-0.25, -0.2) is 0 Å². The van der Waals surface area contributed by atoms with E-state index in [0.717, 1.165) is 12.5 Å². The van der Waals surface area contributed by atoms with Crippen molar-refractivity contribution < 1.29 is 0 Å². The summed E-state index contributed by atoms with van der Waals surface area (Å²) in [5.41, 5.74) is 2.84. The molecule has 1 aromatic rings. The van der Waals surface area contributed by atoms with Gasteiger partial charge in [0.15, 0.2) is 0 Å². The van der Waals surface area contributed by atoms with Gasteiger partial charge in [0.1, 0.15) is 0 Å². The van der Waals surface area contributed by atoms with Gasteiger partial charge in [0.2, 0.25) is 0 Å². The van der Waals surface area contributed by atoms with Crippen LogP contribution < -0.4 is 5.32 Å². The molecule has 0 aromatic heterocycles. The number of hydrogen-bond acceptors (Lipinski definition) is 1. The van der Waals surface area contributed by atoms with Gasteiger partial charge in [0.25, 0.3) is 0 Å². The van der Waals surface area contributed by atoms with Gasteiger partial charge in [-0.15, -0.1) is 12.4 Å². The van der Waals surface area contributed by atoms with Crippen LogP contribution in [0, 0.1) is 6.92 Å². The van der Waals surface area contributed by atoms with Crippen LogP contribution in [0.25, 0.3) is 0 Å². The predicted octanol–water partition coefficient (Wildman–Crippen LogP) is 2.49. The van der Waals surface area contributed by atoms with E-state index in [-0.39, 0.29) is 12.4 Å². The molecule has 0 radical (unpaired) electrons. The van der Waals surface area contributed by atoms with E-state index in [2.05, 4.69) is 36.5 Å². The van der Waals surface area contributed by atoms with Crippen LogP contribution in [0.1, 0.15) is 23.5 Å². The Balaban J connectivity index is 0.000000845. The van der Waals surface area contributed by atoms with Crippen molar-refractivity contribution in [2.75, 3.05) is 13.1 Å². The largest absolute Gasteiger partial charge is 0.316 e. The molecule has 1 fully saturated rings. The standard InChI is InChI=1S/C11H15N.ClH/c1-9-2-4-10(5-3-9)11-6-7-12-8-11;/h2-5,11-12H,6-8H2,1H3;1H. The van der Waals surface area contributed by atoms with Gasteiger partial charge in [0, 0.05) is 6.54 Å². The lowest BCUT2D eigenvalue weighted by atomic mass is 9.98. The quantitative estimate of drug-likeness (QED) is 0.730. The molecule has 1 atom stereocenters. The molecular weight excluding hydrogens is 182 g/mol. The van der Waals surface area contributed by atoms with Crippen molar-refractivity contribution in [2.24, 2.45) is 0 Å². The summed E-state index contributed by atoms with van der Waals surface area (Å²) in [5, 5.41) is 3.39. The van der Waals surface area contributed by atoms with Crippen molar-refractivity contribution in [3.8, 4) is 0 Å². The summed E-state index contributed by atoms with van der Waals surface area (Å²) in [5.74, 6) is 0.755. The molecule has 0 bridgehead atoms. The summed E-state index contributed by atoms with van der Waals surface area (Å²) >= 11 is 0. The van der Waals surface area contributed by atoms with Gasteiger partial charge in [-0.05, 0) is 31.4 Å². The molecule has 0 spiro atoms. The van der Waals surface area contributed by atoms with Crippen LogP contribution >= 0.6 is 12.4 Å². The van der Waals surface area contributed by atoms with E-state index in [1.165, 1.54) is 24.1 Å². The maximum Gasteiger partial charge on any atom is 0.00206 e. The zero-order valence-corrected chi connectivity index (χ0v) is 8.73. The molecule has 0 amide bonds. The Hall–Kier alpha value is -0.530. The van der Waals surface area contributed by atoms with Gasteiger partial charge in [-0.2, -0.15) is 0 Å². The molecule has 0 aliphatic carbocycles. The molecule has 1 heterocycles. The molecular formula is C11H16ClN. The molecule has 13 heavy (non-hydrogen) atoms. The van der Waals surface area contributed by atoms with Crippen LogP contribution in [0.5, 0.6) is 0 Å². The molecule has 2 rings (SSSR count). The molecule has 1 saturated heterocycles. The average molecular weight is 198 g/mol. The normalized spacial score (nSPS) is 21.2. The van der Waals surface area contributed by atoms with Crippen LogP contribution in [0.2, 0.25) is 0 Å². The van der Waals surface area contributed by atoms with Crippen LogP contribution in [-0.2, 0) is 0 Å². The third-order valence-electron chi connectivity index (χ3n) is 2.61. The third-order valence-corrected chi connectivity index (χ3v) is 2.61. The fourth-order valence-corrected chi connectivity index (χ4v) is 1.78. The van der Waals surface area contributed by atoms with E-state index >= 15 is 0 Å². The first-order valence-corrected chi connectivity index (χ1v) is 4.63. The minimum absolute atomic E-state index is 0. The van der Waals surface area contributed by atoms with Crippen molar-refractivity contribution >= 4 is 12.4 Å². The Morgan fingerprint density at radius 1 is 1.23 bits per heavy atom. The van der Waals surface area contributed by atoms with E-state index in [9.17, 15) is 0 Å². The maximum absolute atomic E-state index is 3.39. The van der Waals surface area contributed by atoms with Gasteiger partial charge in [0.05, 0.1) is 0 Å². The van der Waals surface area contributed by atoms with Crippen molar-refractivity contribution in [3.63, 3.8) is 0 Å². The molecule has 1 aliphatic heterocycles. The molecule has 2 heteroatoms. The number of hydrogen-bond donors (Lipinski definition) is 1. The first-order valence-electron chi connectivity index (χ1n) is 4.63. The fourth-order valence-electron chi connectivity index (χ4n) is 1.78. The Kier molecular flexibility index (Phi) is 3.76. The monoisotopic (exact) mass is 197 g/mol. The second kappa shape index (κ2) is 4.64. The lowest BCUT2D eigenvalue weighted by molar-refractivity contribution is 0.763. The average Bonchev–Trinajstić information content (AvgIpc) is 2.58. The predicted molar refractivity (Wildman–Crippen MR) is 58.7 cm³/mol. The Labute approximate surface area is 86.0 Å². The van der Waals surface area contributed by atoms with E-state index in [1.807, 2.05) is 0 Å². The highest BCUT2D eigenvalue weighted by atomic mass is 35.5. The summed E-state index contributed by atoms with van der Waals surface area (Å²) in [7, 11) is 0. The number of benzene rings is 1. The number of rotatable bonds is 1. The van der Waals surface area contributed by atoms with E-state index in [1.54, 1.807) is 0 Å². The zero-order valence-electron chi connectivity index (χ0n) is 7.92. The minimum atomic E-state index is 0. The van der Waals surface area contributed by atoms with Gasteiger partial charge < -0.3 is 5.32 Å². The molecule has 1 nitrogen and oxygen atoms in total. The second-order valence-corrected chi connectivity index (χ2v) is 3.60. The highest BCUT2D eigenvalue weighted by molar-refractivity contribution is 5.85. The van der Waals surface area contributed by atoms with Crippen molar-refractivity contribution in [3.05, 3.63) is 35.4 Å². The van der Waals surface area contributed by atoms with E-state index in [4.69, 9.17) is 0 Å². The van der Waals surface area contributed by atoms with Crippen LogP contribution in [0.15, 0.2) is 24.3 Å². The minimum Gasteiger partial charge on any atom is -0.316 e. The summed E-state index contributed by atoms with van der Waals surface area (Å²) in [6, 6.07) is 8.92. The van der Waals surface area contributed by atoms with Crippen LogP contribution in [-0.4, -0.2) is 13.1 Å². The first kappa shape index (κ1) is 10.6. The maximum atomic E-state index is 3.39. The highest BCUT2D eigenvalue weighted by Gasteiger charge is 2.15. The van der Waals surface area contributed by atoms with Gasteiger partial charge in [-0.3, -0.25) is 0 Å². The van der Waals surface area contributed by atoms with Gasteiger partial charge in [-0.1, -0.05) is 29.8 Å². The number of nitrogens with one attached hydrogen (secondary N) is 1. The topological polar surface area (TPSA) is 12.0 Å². The molecule has 1 unspecified atom stereocenters. The number of halogens is 1. The Morgan fingerprint density at radius 3 is 2.46 bits per heavy atom. The van der Waals surface area contributed by atoms with Crippen molar-refractivity contribution in [2.45, 2.75) is 19.3 Å². The summed E-state index contributed by atoms with van der Waals surface area (Å²) in [4.78, 5) is 0. The van der Waals surface area contributed by atoms with E-state index in [0.29, 0.717) is 0 Å². The lowest BCUT2D eigenvalue weighted by Gasteiger charge is -2.07. The fraction of sp³-hybridized carbons (Fsp3) is 0.455. The third kappa shape index (κ3) is 2.45. The summed E-state index contributed by atoms with van der Waals surface area (Å²) in [6.07, 6.45) is 1.29. The number of aryl methyl sites for hydroxylation is 1. The summed E-state index contributed by atoms with van der Waals surface area (Å²) < 4.78 is 0. The Bertz CT molecular complexity index is 249. The van der Waals surface area contributed by atoms with Crippen LogP contribution in [0.3, 0.4) is 0 Å². The molecule has 1 N–H and O–H groups in total. The van der Waals surface area contributed by atoms with Gasteiger partial charge >= 0.3 is 0 Å². The lowest BCUT2D eigenvalue weighted by Crippen LogP contribution is -2.07. The van der Waals surface area contributed by atoms with Crippen molar-refractivity contribution in [1.29, 1.82) is 0 Å². The Morgan fingerprint density at radius 2 is 1.92 bits per heavy atom. The molecule has 1 aromatic carbocycles. The smallest absolute Gasteiger partial charge is 0.00206 e. The summed E-state index contributed by atoms with van der Waals surface area (Å²) in [6.45, 7) is 4.47. The SMILES string of the molecule is Cc1ccc(C2CCNC2)cc1.Cl. The zero-order chi connectivity index (χ0) is 8.39. The first-order chi connectivity index (χ1) is 5.86. The second-order valence-electron chi connectivity index (χ2n) is 3.60. The van der Waals surface area contributed by atoms with Crippen LogP contribution in [0.4, 0.5) is 0 Å². The highest BCUT2D eigenvalue weighted by Crippen LogP contribution is 2.21. The molecule has 0 saturated carbocycles. The molecule has 1 aliphatic rings. The van der Waals surface area contributed by atoms with E-state index < -0.39 is 0 Å². The molecule has 72 valence electrons.